The fourth-order valence-electron chi connectivity index (χ4n) is 5.34. The highest BCUT2D eigenvalue weighted by Gasteiger charge is 2.27. The molecule has 1 aliphatic rings. The van der Waals surface area contributed by atoms with Crippen molar-refractivity contribution in [2.75, 3.05) is 18.4 Å². The first-order valence-corrected chi connectivity index (χ1v) is 13.2. The van der Waals surface area contributed by atoms with Crippen molar-refractivity contribution >= 4 is 33.4 Å². The molecule has 0 bridgehead atoms. The number of nitrogens with one attached hydrogen (secondary N) is 1. The summed E-state index contributed by atoms with van der Waals surface area (Å²) in [5, 5.41) is 21.4. The molecule has 5 heterocycles. The lowest BCUT2D eigenvalue weighted by Gasteiger charge is -2.18. The predicted molar refractivity (Wildman–Crippen MR) is 151 cm³/mol. The van der Waals surface area contributed by atoms with Crippen LogP contribution in [-0.4, -0.2) is 65.4 Å². The van der Waals surface area contributed by atoms with Crippen LogP contribution in [0.3, 0.4) is 0 Å². The summed E-state index contributed by atoms with van der Waals surface area (Å²) in [5.74, 6) is 0.760. The molecule has 0 spiro atoms. The van der Waals surface area contributed by atoms with Gasteiger partial charge >= 0.3 is 0 Å². The summed E-state index contributed by atoms with van der Waals surface area (Å²) < 4.78 is 1.85. The molecule has 198 valence electrons. The van der Waals surface area contributed by atoms with Gasteiger partial charge < -0.3 is 15.3 Å². The molecule has 39 heavy (non-hydrogen) atoms. The molecule has 6 rings (SSSR count). The van der Waals surface area contributed by atoms with E-state index in [-0.39, 0.29) is 11.9 Å². The van der Waals surface area contributed by atoms with Gasteiger partial charge in [0.2, 0.25) is 0 Å². The van der Waals surface area contributed by atoms with Gasteiger partial charge in [-0.15, -0.1) is 0 Å². The van der Waals surface area contributed by atoms with E-state index in [1.54, 1.807) is 38.4 Å². The SMILES string of the molecule is Cc1c(-c2nccc3cnc(NC4CCN(C(=O)c5cccnc5)C4)cc23)ccc2c1cnn2CC(C)(C)O. The predicted octanol–water partition coefficient (Wildman–Crippen LogP) is 4.45. The summed E-state index contributed by atoms with van der Waals surface area (Å²) in [6, 6.07) is 11.8. The van der Waals surface area contributed by atoms with Gasteiger partial charge in [-0.1, -0.05) is 6.07 Å². The highest BCUT2D eigenvalue weighted by atomic mass is 16.3. The van der Waals surface area contributed by atoms with E-state index >= 15 is 0 Å². The van der Waals surface area contributed by atoms with Crippen LogP contribution < -0.4 is 5.32 Å². The Hall–Kier alpha value is -4.37. The van der Waals surface area contributed by atoms with Crippen molar-refractivity contribution in [1.82, 2.24) is 29.6 Å². The molecule has 5 aromatic rings. The Bertz CT molecular complexity index is 1670. The smallest absolute Gasteiger partial charge is 0.255 e. The average molecular weight is 522 g/mol. The third-order valence-electron chi connectivity index (χ3n) is 7.27. The number of aryl methyl sites for hydroxylation is 1. The number of amides is 1. The monoisotopic (exact) mass is 521 g/mol. The lowest BCUT2D eigenvalue weighted by atomic mass is 9.98. The summed E-state index contributed by atoms with van der Waals surface area (Å²) >= 11 is 0. The number of aliphatic hydroxyl groups is 1. The Morgan fingerprint density at radius 2 is 1.97 bits per heavy atom. The van der Waals surface area contributed by atoms with Gasteiger partial charge in [0.25, 0.3) is 5.91 Å². The van der Waals surface area contributed by atoms with Crippen molar-refractivity contribution < 1.29 is 9.90 Å². The maximum atomic E-state index is 12.8. The molecule has 4 aromatic heterocycles. The van der Waals surface area contributed by atoms with E-state index in [9.17, 15) is 9.90 Å². The van der Waals surface area contributed by atoms with Gasteiger partial charge in [-0.25, -0.2) is 4.98 Å². The minimum absolute atomic E-state index is 0.00194. The van der Waals surface area contributed by atoms with Gasteiger partial charge in [0.1, 0.15) is 5.82 Å². The number of likely N-dealkylation sites (tertiary alicyclic amines) is 1. The first-order valence-electron chi connectivity index (χ1n) is 13.2. The minimum atomic E-state index is -0.860. The summed E-state index contributed by atoms with van der Waals surface area (Å²) in [7, 11) is 0. The Kier molecular flexibility index (Phi) is 6.23. The van der Waals surface area contributed by atoms with E-state index in [0.717, 1.165) is 50.7 Å². The number of anilines is 1. The van der Waals surface area contributed by atoms with Crippen LogP contribution in [0.25, 0.3) is 32.9 Å². The van der Waals surface area contributed by atoms with Gasteiger partial charge in [0.05, 0.1) is 35.1 Å². The number of nitrogens with zero attached hydrogens (tertiary/aromatic N) is 6. The Morgan fingerprint density at radius 3 is 2.77 bits per heavy atom. The lowest BCUT2D eigenvalue weighted by molar-refractivity contribution is 0.0591. The average Bonchev–Trinajstić information content (AvgIpc) is 3.55. The molecular weight excluding hydrogens is 490 g/mol. The van der Waals surface area contributed by atoms with Crippen molar-refractivity contribution in [2.45, 2.75) is 45.4 Å². The van der Waals surface area contributed by atoms with E-state index < -0.39 is 5.60 Å². The van der Waals surface area contributed by atoms with Gasteiger partial charge in [-0.2, -0.15) is 5.10 Å². The molecular formula is C30H31N7O2. The van der Waals surface area contributed by atoms with Gasteiger partial charge in [-0.3, -0.25) is 19.4 Å². The largest absolute Gasteiger partial charge is 0.389 e. The molecule has 1 unspecified atom stereocenters. The minimum Gasteiger partial charge on any atom is -0.389 e. The van der Waals surface area contributed by atoms with E-state index in [1.807, 2.05) is 46.4 Å². The van der Waals surface area contributed by atoms with Gasteiger partial charge in [-0.05, 0) is 63.1 Å². The van der Waals surface area contributed by atoms with Crippen molar-refractivity contribution in [3.05, 3.63) is 78.5 Å². The zero-order valence-corrected chi connectivity index (χ0v) is 22.3. The lowest BCUT2D eigenvalue weighted by Crippen LogP contribution is -2.31. The first kappa shape index (κ1) is 24.9. The van der Waals surface area contributed by atoms with Crippen LogP contribution in [0.4, 0.5) is 5.82 Å². The number of carbonyl (C=O) groups excluding carboxylic acids is 1. The zero-order chi connectivity index (χ0) is 27.1. The third-order valence-corrected chi connectivity index (χ3v) is 7.27. The summed E-state index contributed by atoms with van der Waals surface area (Å²) in [6.07, 6.45) is 9.66. The summed E-state index contributed by atoms with van der Waals surface area (Å²) in [6.45, 7) is 7.35. The third kappa shape index (κ3) is 4.93. The summed E-state index contributed by atoms with van der Waals surface area (Å²) in [4.78, 5) is 28.2. The van der Waals surface area contributed by atoms with Crippen molar-refractivity contribution in [3.8, 4) is 11.3 Å². The first-order chi connectivity index (χ1) is 18.8. The highest BCUT2D eigenvalue weighted by molar-refractivity contribution is 5.99. The molecule has 0 radical (unpaired) electrons. The number of aromatic nitrogens is 5. The van der Waals surface area contributed by atoms with Crippen LogP contribution >= 0.6 is 0 Å². The van der Waals surface area contributed by atoms with Gasteiger partial charge in [0.15, 0.2) is 0 Å². The van der Waals surface area contributed by atoms with Crippen LogP contribution in [0.15, 0.2) is 67.4 Å². The van der Waals surface area contributed by atoms with E-state index in [1.165, 1.54) is 0 Å². The molecule has 1 aromatic carbocycles. The molecule has 1 aliphatic heterocycles. The number of benzene rings is 1. The fraction of sp³-hybridized carbons (Fsp3) is 0.300. The standard InChI is InChI=1S/C30H31N7O2/c1-19-23(6-7-26-25(19)16-34-37(26)18-30(2,3)39)28-24-13-27(33-15-20(24)8-11-32-28)35-22-9-12-36(17-22)29(38)21-5-4-10-31-14-21/h4-8,10-11,13-16,22,39H,9,12,17-18H2,1-3H3,(H,33,35). The molecule has 0 aliphatic carbocycles. The highest BCUT2D eigenvalue weighted by Crippen LogP contribution is 2.34. The maximum Gasteiger partial charge on any atom is 0.255 e. The van der Waals surface area contributed by atoms with Crippen LogP contribution in [0, 0.1) is 6.92 Å². The van der Waals surface area contributed by atoms with Gasteiger partial charge in [0, 0.05) is 65.6 Å². The Labute approximate surface area is 226 Å². The molecule has 1 fully saturated rings. The molecule has 1 atom stereocenters. The number of fused-ring (bicyclic) bond motifs is 2. The van der Waals surface area contributed by atoms with E-state index in [2.05, 4.69) is 33.4 Å². The topological polar surface area (TPSA) is 109 Å². The number of pyridine rings is 3. The molecule has 1 amide bonds. The number of hydrogen-bond donors (Lipinski definition) is 2. The molecule has 1 saturated heterocycles. The fourth-order valence-corrected chi connectivity index (χ4v) is 5.34. The van der Waals surface area contributed by atoms with Crippen molar-refractivity contribution in [2.24, 2.45) is 0 Å². The molecule has 0 saturated carbocycles. The van der Waals surface area contributed by atoms with Crippen LogP contribution in [0.5, 0.6) is 0 Å². The van der Waals surface area contributed by atoms with E-state index in [4.69, 9.17) is 4.98 Å². The number of carbonyl (C=O) groups is 1. The number of hydrogen-bond acceptors (Lipinski definition) is 7. The second kappa shape index (κ2) is 9.74. The molecule has 2 N–H and O–H groups in total. The second-order valence-electron chi connectivity index (χ2n) is 10.9. The normalized spacial score (nSPS) is 15.8. The van der Waals surface area contributed by atoms with E-state index in [0.29, 0.717) is 25.2 Å². The maximum absolute atomic E-state index is 12.8. The van der Waals surface area contributed by atoms with Crippen LogP contribution in [-0.2, 0) is 6.54 Å². The second-order valence-corrected chi connectivity index (χ2v) is 10.9. The molecule has 9 nitrogen and oxygen atoms in total. The van der Waals surface area contributed by atoms with Crippen LogP contribution in [0.1, 0.15) is 36.2 Å². The Morgan fingerprint density at radius 1 is 1.10 bits per heavy atom. The zero-order valence-electron chi connectivity index (χ0n) is 22.3. The Balaban J connectivity index is 1.28. The van der Waals surface area contributed by atoms with Crippen LogP contribution in [0.2, 0.25) is 0 Å². The quantitative estimate of drug-likeness (QED) is 0.340. The van der Waals surface area contributed by atoms with Crippen molar-refractivity contribution in [1.29, 1.82) is 0 Å². The molecule has 9 heteroatoms. The van der Waals surface area contributed by atoms with Crippen molar-refractivity contribution in [3.63, 3.8) is 0 Å². The number of rotatable bonds is 6. The summed E-state index contributed by atoms with van der Waals surface area (Å²) in [5.41, 5.74) is 3.72.